The molecule has 6 heteroatoms. The van der Waals surface area contributed by atoms with Gasteiger partial charge >= 0.3 is 0 Å². The smallest absolute Gasteiger partial charge is 0.224 e. The normalized spacial score (nSPS) is 24.2. The van der Waals surface area contributed by atoms with Gasteiger partial charge in [-0.1, -0.05) is 30.3 Å². The molecule has 2 unspecified atom stereocenters. The molecule has 1 aromatic carbocycles. The molecule has 1 N–H and O–H groups in total. The molecular weight excluding hydrogens is 354 g/mol. The molecule has 2 fully saturated rings. The van der Waals surface area contributed by atoms with Gasteiger partial charge in [0.05, 0.1) is 25.7 Å². The Balaban J connectivity index is 1.49. The summed E-state index contributed by atoms with van der Waals surface area (Å²) < 4.78 is 10.9. The summed E-state index contributed by atoms with van der Waals surface area (Å²) in [7, 11) is 1.73. The summed E-state index contributed by atoms with van der Waals surface area (Å²) in [5, 5.41) is 3.19. The molecular formula is C22H35N3O3. The number of hydrogen-bond donors (Lipinski definition) is 1. The predicted molar refractivity (Wildman–Crippen MR) is 110 cm³/mol. The van der Waals surface area contributed by atoms with Gasteiger partial charge in [-0.25, -0.2) is 0 Å². The number of nitrogens with zero attached hydrogens (tertiary/aromatic N) is 2. The molecule has 1 amide bonds. The van der Waals surface area contributed by atoms with Gasteiger partial charge in [0.2, 0.25) is 5.91 Å². The van der Waals surface area contributed by atoms with Gasteiger partial charge < -0.3 is 14.8 Å². The first kappa shape index (κ1) is 21.2. The van der Waals surface area contributed by atoms with Crippen LogP contribution < -0.4 is 5.32 Å². The van der Waals surface area contributed by atoms with Gasteiger partial charge in [-0.2, -0.15) is 0 Å². The van der Waals surface area contributed by atoms with Gasteiger partial charge in [-0.05, 0) is 37.9 Å². The number of amides is 1. The maximum atomic E-state index is 12.9. The number of carbonyl (C=O) groups is 1. The second-order valence-corrected chi connectivity index (χ2v) is 7.83. The molecule has 2 heterocycles. The number of carbonyl (C=O) groups excluding carboxylic acids is 1. The van der Waals surface area contributed by atoms with Crippen molar-refractivity contribution in [1.29, 1.82) is 0 Å². The van der Waals surface area contributed by atoms with E-state index in [2.05, 4.69) is 39.4 Å². The molecule has 0 aliphatic carbocycles. The summed E-state index contributed by atoms with van der Waals surface area (Å²) >= 11 is 0. The minimum Gasteiger partial charge on any atom is -0.383 e. The van der Waals surface area contributed by atoms with E-state index in [0.29, 0.717) is 6.61 Å². The summed E-state index contributed by atoms with van der Waals surface area (Å²) in [6.07, 6.45) is 2.98. The Bertz CT molecular complexity index is 578. The van der Waals surface area contributed by atoms with Crippen LogP contribution in [0.25, 0.3) is 0 Å². The Morgan fingerprint density at radius 2 is 2.00 bits per heavy atom. The summed E-state index contributed by atoms with van der Waals surface area (Å²) in [5.74, 6) is 0.183. The van der Waals surface area contributed by atoms with Crippen LogP contribution in [0.2, 0.25) is 0 Å². The molecule has 2 saturated heterocycles. The quantitative estimate of drug-likeness (QED) is 0.652. The maximum Gasteiger partial charge on any atom is 0.224 e. The molecule has 2 atom stereocenters. The molecule has 2 aliphatic rings. The number of ether oxygens (including phenoxy) is 2. The Morgan fingerprint density at radius 1 is 1.21 bits per heavy atom. The molecule has 1 aromatic rings. The number of benzene rings is 1. The SMILES string of the molecule is COCC1C(C(=O)NCCCN2CCOCC2)CCCN1Cc1ccccc1. The van der Waals surface area contributed by atoms with Crippen LogP contribution in [0.3, 0.4) is 0 Å². The van der Waals surface area contributed by atoms with Crippen molar-refractivity contribution in [3.05, 3.63) is 35.9 Å². The maximum absolute atomic E-state index is 12.9. The van der Waals surface area contributed by atoms with E-state index in [1.165, 1.54) is 5.56 Å². The monoisotopic (exact) mass is 389 g/mol. The third kappa shape index (κ3) is 6.27. The lowest BCUT2D eigenvalue weighted by atomic mass is 9.88. The fraction of sp³-hybridized carbons (Fsp3) is 0.682. The molecule has 0 bridgehead atoms. The molecule has 0 aromatic heterocycles. The van der Waals surface area contributed by atoms with Gasteiger partial charge in [0.15, 0.2) is 0 Å². The minimum absolute atomic E-state index is 0.000740. The van der Waals surface area contributed by atoms with Crippen LogP contribution in [-0.4, -0.2) is 81.4 Å². The number of morpholine rings is 1. The zero-order valence-electron chi connectivity index (χ0n) is 17.1. The summed E-state index contributed by atoms with van der Waals surface area (Å²) in [6.45, 7) is 7.90. The van der Waals surface area contributed by atoms with E-state index in [1.54, 1.807) is 7.11 Å². The Labute approximate surface area is 169 Å². The Morgan fingerprint density at radius 3 is 2.75 bits per heavy atom. The zero-order chi connectivity index (χ0) is 19.6. The van der Waals surface area contributed by atoms with Gasteiger partial charge in [-0.15, -0.1) is 0 Å². The molecule has 0 saturated carbocycles. The van der Waals surface area contributed by atoms with Crippen LogP contribution >= 0.6 is 0 Å². The second-order valence-electron chi connectivity index (χ2n) is 7.83. The minimum atomic E-state index is 0.000740. The highest BCUT2D eigenvalue weighted by Gasteiger charge is 2.35. The molecule has 28 heavy (non-hydrogen) atoms. The number of likely N-dealkylation sites (tertiary alicyclic amines) is 1. The van der Waals surface area contributed by atoms with Crippen molar-refractivity contribution in [2.75, 3.05) is 59.7 Å². The summed E-state index contributed by atoms with van der Waals surface area (Å²) in [5.41, 5.74) is 1.29. The van der Waals surface area contributed by atoms with E-state index in [-0.39, 0.29) is 17.9 Å². The Hall–Kier alpha value is -1.47. The van der Waals surface area contributed by atoms with Crippen molar-refractivity contribution in [3.8, 4) is 0 Å². The lowest BCUT2D eigenvalue weighted by Crippen LogP contribution is -2.52. The lowest BCUT2D eigenvalue weighted by Gasteiger charge is -2.40. The predicted octanol–water partition coefficient (Wildman–Crippen LogP) is 1.75. The zero-order valence-corrected chi connectivity index (χ0v) is 17.1. The third-order valence-corrected chi connectivity index (χ3v) is 5.85. The van der Waals surface area contributed by atoms with Crippen LogP contribution in [0.15, 0.2) is 30.3 Å². The van der Waals surface area contributed by atoms with Crippen LogP contribution in [-0.2, 0) is 20.8 Å². The fourth-order valence-corrected chi connectivity index (χ4v) is 4.31. The number of hydrogen-bond acceptors (Lipinski definition) is 5. The number of rotatable bonds is 9. The Kier molecular flexibility index (Phi) is 8.73. The van der Waals surface area contributed by atoms with Gasteiger partial charge in [-0.3, -0.25) is 14.6 Å². The van der Waals surface area contributed by atoms with Crippen molar-refractivity contribution in [2.24, 2.45) is 5.92 Å². The topological polar surface area (TPSA) is 54.0 Å². The van der Waals surface area contributed by atoms with E-state index in [0.717, 1.165) is 71.7 Å². The first-order valence-corrected chi connectivity index (χ1v) is 10.6. The molecule has 3 rings (SSSR count). The number of nitrogens with one attached hydrogen (secondary N) is 1. The average Bonchev–Trinajstić information content (AvgIpc) is 2.74. The first-order valence-electron chi connectivity index (χ1n) is 10.6. The summed E-state index contributed by atoms with van der Waals surface area (Å²) in [4.78, 5) is 17.7. The van der Waals surface area contributed by atoms with E-state index in [4.69, 9.17) is 9.47 Å². The van der Waals surface area contributed by atoms with Crippen molar-refractivity contribution < 1.29 is 14.3 Å². The number of piperidine rings is 1. The van der Waals surface area contributed by atoms with Crippen molar-refractivity contribution in [1.82, 2.24) is 15.1 Å². The van der Waals surface area contributed by atoms with E-state index in [1.807, 2.05) is 6.07 Å². The van der Waals surface area contributed by atoms with E-state index >= 15 is 0 Å². The van der Waals surface area contributed by atoms with Crippen LogP contribution in [0.4, 0.5) is 0 Å². The van der Waals surface area contributed by atoms with Crippen molar-refractivity contribution in [3.63, 3.8) is 0 Å². The van der Waals surface area contributed by atoms with Gasteiger partial charge in [0.1, 0.15) is 0 Å². The van der Waals surface area contributed by atoms with Gasteiger partial charge in [0, 0.05) is 39.3 Å². The van der Waals surface area contributed by atoms with Crippen molar-refractivity contribution in [2.45, 2.75) is 31.8 Å². The molecule has 6 nitrogen and oxygen atoms in total. The third-order valence-electron chi connectivity index (χ3n) is 5.85. The lowest BCUT2D eigenvalue weighted by molar-refractivity contribution is -0.130. The largest absolute Gasteiger partial charge is 0.383 e. The molecule has 156 valence electrons. The fourth-order valence-electron chi connectivity index (χ4n) is 4.31. The number of methoxy groups -OCH3 is 1. The summed E-state index contributed by atoms with van der Waals surface area (Å²) in [6, 6.07) is 10.6. The van der Waals surface area contributed by atoms with Crippen molar-refractivity contribution >= 4 is 5.91 Å². The highest BCUT2D eigenvalue weighted by atomic mass is 16.5. The van der Waals surface area contributed by atoms with Crippen LogP contribution in [0, 0.1) is 5.92 Å². The highest BCUT2D eigenvalue weighted by Crippen LogP contribution is 2.26. The average molecular weight is 390 g/mol. The van der Waals surface area contributed by atoms with E-state index in [9.17, 15) is 4.79 Å². The van der Waals surface area contributed by atoms with Crippen LogP contribution in [0.5, 0.6) is 0 Å². The highest BCUT2D eigenvalue weighted by molar-refractivity contribution is 5.79. The van der Waals surface area contributed by atoms with Crippen LogP contribution in [0.1, 0.15) is 24.8 Å². The molecule has 0 spiro atoms. The first-order chi connectivity index (χ1) is 13.8. The van der Waals surface area contributed by atoms with E-state index < -0.39 is 0 Å². The molecule has 0 radical (unpaired) electrons. The second kappa shape index (κ2) is 11.5. The standard InChI is InChI=1S/C22H35N3O3/c1-27-18-21-20(9-5-12-25(21)17-19-7-3-2-4-8-19)22(26)23-10-6-11-24-13-15-28-16-14-24/h2-4,7-8,20-21H,5-6,9-18H2,1H3,(H,23,26). The molecule has 2 aliphatic heterocycles. The van der Waals surface area contributed by atoms with Gasteiger partial charge in [0.25, 0.3) is 0 Å².